The molecule has 0 unspecified atom stereocenters. The SMILES string of the molecule is COc1cc(/C=C2/C(=O)N(c3ccc(Br)cc3)N=C2C)ccc1OCC(C)C. The highest BCUT2D eigenvalue weighted by molar-refractivity contribution is 9.10. The summed E-state index contributed by atoms with van der Waals surface area (Å²) in [5.74, 6) is 1.60. The summed E-state index contributed by atoms with van der Waals surface area (Å²) in [6.07, 6.45) is 1.83. The van der Waals surface area contributed by atoms with E-state index in [2.05, 4.69) is 34.9 Å². The summed E-state index contributed by atoms with van der Waals surface area (Å²) in [5, 5.41) is 5.84. The third-order valence-electron chi connectivity index (χ3n) is 4.20. The molecule has 2 aromatic carbocycles. The molecule has 0 N–H and O–H groups in total. The highest BCUT2D eigenvalue weighted by atomic mass is 79.9. The highest BCUT2D eigenvalue weighted by Gasteiger charge is 2.28. The Hall–Kier alpha value is -2.60. The van der Waals surface area contributed by atoms with Crippen LogP contribution in [0.2, 0.25) is 0 Å². The molecule has 6 heteroatoms. The van der Waals surface area contributed by atoms with Crippen molar-refractivity contribution in [2.45, 2.75) is 20.8 Å². The fraction of sp³-hybridized carbons (Fsp3) is 0.273. The quantitative estimate of drug-likeness (QED) is 0.570. The number of nitrogens with zero attached hydrogens (tertiary/aromatic N) is 2. The molecule has 146 valence electrons. The lowest BCUT2D eigenvalue weighted by molar-refractivity contribution is -0.114. The molecule has 0 aromatic heterocycles. The minimum absolute atomic E-state index is 0.154. The third kappa shape index (κ3) is 4.44. The molecule has 2 aromatic rings. The lowest BCUT2D eigenvalue weighted by atomic mass is 10.1. The van der Waals surface area contributed by atoms with Gasteiger partial charge in [0, 0.05) is 4.47 Å². The van der Waals surface area contributed by atoms with E-state index in [1.54, 1.807) is 7.11 Å². The number of halogens is 1. The molecular formula is C22H23BrN2O3. The van der Waals surface area contributed by atoms with E-state index in [1.165, 1.54) is 5.01 Å². The second kappa shape index (κ2) is 8.61. The molecule has 0 saturated carbocycles. The number of carbonyl (C=O) groups is 1. The van der Waals surface area contributed by atoms with Gasteiger partial charge in [0.2, 0.25) is 0 Å². The normalized spacial score (nSPS) is 15.4. The molecular weight excluding hydrogens is 420 g/mol. The zero-order chi connectivity index (χ0) is 20.3. The van der Waals surface area contributed by atoms with Gasteiger partial charge in [-0.25, -0.2) is 0 Å². The molecule has 0 spiro atoms. The topological polar surface area (TPSA) is 51.1 Å². The molecule has 3 rings (SSSR count). The molecule has 0 atom stereocenters. The zero-order valence-electron chi connectivity index (χ0n) is 16.4. The maximum atomic E-state index is 12.9. The fourth-order valence-corrected chi connectivity index (χ4v) is 3.02. The van der Waals surface area contributed by atoms with Gasteiger partial charge in [0.1, 0.15) is 0 Å². The Morgan fingerprint density at radius 1 is 1.14 bits per heavy atom. The third-order valence-corrected chi connectivity index (χ3v) is 4.73. The smallest absolute Gasteiger partial charge is 0.280 e. The van der Waals surface area contributed by atoms with Gasteiger partial charge in [-0.15, -0.1) is 0 Å². The first-order valence-corrected chi connectivity index (χ1v) is 9.86. The van der Waals surface area contributed by atoms with Gasteiger partial charge in [0.25, 0.3) is 5.91 Å². The van der Waals surface area contributed by atoms with Crippen LogP contribution < -0.4 is 14.5 Å². The Labute approximate surface area is 173 Å². The number of hydrogen-bond acceptors (Lipinski definition) is 4. The van der Waals surface area contributed by atoms with Gasteiger partial charge in [0.15, 0.2) is 11.5 Å². The molecule has 0 bridgehead atoms. The lowest BCUT2D eigenvalue weighted by Crippen LogP contribution is -2.21. The van der Waals surface area contributed by atoms with Crippen LogP contribution in [-0.2, 0) is 4.79 Å². The van der Waals surface area contributed by atoms with Crippen LogP contribution in [-0.4, -0.2) is 25.3 Å². The van der Waals surface area contributed by atoms with E-state index in [9.17, 15) is 4.79 Å². The van der Waals surface area contributed by atoms with Crippen LogP contribution >= 0.6 is 15.9 Å². The van der Waals surface area contributed by atoms with Crippen LogP contribution in [0, 0.1) is 5.92 Å². The van der Waals surface area contributed by atoms with Crippen molar-refractivity contribution < 1.29 is 14.3 Å². The molecule has 1 aliphatic heterocycles. The first-order chi connectivity index (χ1) is 13.4. The van der Waals surface area contributed by atoms with Crippen LogP contribution in [0.5, 0.6) is 11.5 Å². The Morgan fingerprint density at radius 2 is 1.86 bits per heavy atom. The van der Waals surface area contributed by atoms with Gasteiger partial charge in [-0.3, -0.25) is 4.79 Å². The van der Waals surface area contributed by atoms with Crippen molar-refractivity contribution >= 4 is 39.3 Å². The Balaban J connectivity index is 1.86. The van der Waals surface area contributed by atoms with Crippen molar-refractivity contribution in [3.8, 4) is 11.5 Å². The molecule has 0 saturated heterocycles. The van der Waals surface area contributed by atoms with Crippen molar-refractivity contribution in [1.29, 1.82) is 0 Å². The van der Waals surface area contributed by atoms with E-state index in [1.807, 2.05) is 55.5 Å². The second-order valence-corrected chi connectivity index (χ2v) is 7.87. The number of methoxy groups -OCH3 is 1. The average Bonchev–Trinajstić information content (AvgIpc) is 2.95. The highest BCUT2D eigenvalue weighted by Crippen LogP contribution is 2.31. The van der Waals surface area contributed by atoms with Crippen molar-refractivity contribution in [2.75, 3.05) is 18.7 Å². The molecule has 1 heterocycles. The summed E-state index contributed by atoms with van der Waals surface area (Å²) in [6.45, 7) is 6.63. The summed E-state index contributed by atoms with van der Waals surface area (Å²) in [4.78, 5) is 12.9. The van der Waals surface area contributed by atoms with Gasteiger partial charge in [-0.2, -0.15) is 10.1 Å². The number of hydrazone groups is 1. The van der Waals surface area contributed by atoms with E-state index in [-0.39, 0.29) is 5.91 Å². The van der Waals surface area contributed by atoms with Crippen molar-refractivity contribution in [2.24, 2.45) is 11.0 Å². The maximum absolute atomic E-state index is 12.9. The Bertz CT molecular complexity index is 933. The molecule has 5 nitrogen and oxygen atoms in total. The first-order valence-electron chi connectivity index (χ1n) is 9.07. The van der Waals surface area contributed by atoms with Crippen LogP contribution in [0.4, 0.5) is 5.69 Å². The predicted octanol–water partition coefficient (Wildman–Crippen LogP) is 5.30. The van der Waals surface area contributed by atoms with E-state index in [0.717, 1.165) is 15.7 Å². The number of benzene rings is 2. The predicted molar refractivity (Wildman–Crippen MR) is 116 cm³/mol. The van der Waals surface area contributed by atoms with Gasteiger partial charge >= 0.3 is 0 Å². The van der Waals surface area contributed by atoms with E-state index in [0.29, 0.717) is 35.3 Å². The van der Waals surface area contributed by atoms with Crippen LogP contribution in [0.1, 0.15) is 26.3 Å². The maximum Gasteiger partial charge on any atom is 0.280 e. The number of hydrogen-bond donors (Lipinski definition) is 0. The molecule has 0 fully saturated rings. The summed E-state index contributed by atoms with van der Waals surface area (Å²) in [6, 6.07) is 13.1. The van der Waals surface area contributed by atoms with Crippen LogP contribution in [0.15, 0.2) is 57.6 Å². The Kier molecular flexibility index (Phi) is 6.19. The summed E-state index contributed by atoms with van der Waals surface area (Å²) >= 11 is 3.40. The van der Waals surface area contributed by atoms with Gasteiger partial charge in [0.05, 0.1) is 30.7 Å². The minimum Gasteiger partial charge on any atom is -0.493 e. The number of carbonyl (C=O) groups excluding carboxylic acids is 1. The lowest BCUT2D eigenvalue weighted by Gasteiger charge is -2.13. The van der Waals surface area contributed by atoms with Gasteiger partial charge in [-0.05, 0) is 60.9 Å². The van der Waals surface area contributed by atoms with Gasteiger partial charge in [-0.1, -0.05) is 35.8 Å². The van der Waals surface area contributed by atoms with E-state index < -0.39 is 0 Å². The number of ether oxygens (including phenoxy) is 2. The number of rotatable bonds is 6. The zero-order valence-corrected chi connectivity index (χ0v) is 18.0. The molecule has 1 amide bonds. The standard InChI is InChI=1S/C22H23BrN2O3/c1-14(2)13-28-20-10-5-16(12-21(20)27-4)11-19-15(3)24-25(22(19)26)18-8-6-17(23)7-9-18/h5-12,14H,13H2,1-4H3/b19-11+. The van der Waals surface area contributed by atoms with E-state index >= 15 is 0 Å². The summed E-state index contributed by atoms with van der Waals surface area (Å²) in [7, 11) is 1.61. The second-order valence-electron chi connectivity index (χ2n) is 6.95. The monoisotopic (exact) mass is 442 g/mol. The summed E-state index contributed by atoms with van der Waals surface area (Å²) in [5.41, 5.74) is 2.81. The first kappa shape index (κ1) is 20.1. The number of anilines is 1. The van der Waals surface area contributed by atoms with Crippen LogP contribution in [0.3, 0.4) is 0 Å². The Morgan fingerprint density at radius 3 is 2.50 bits per heavy atom. The van der Waals surface area contributed by atoms with Crippen molar-refractivity contribution in [3.63, 3.8) is 0 Å². The van der Waals surface area contributed by atoms with Crippen LogP contribution in [0.25, 0.3) is 6.08 Å². The van der Waals surface area contributed by atoms with Crippen molar-refractivity contribution in [1.82, 2.24) is 0 Å². The molecule has 0 radical (unpaired) electrons. The van der Waals surface area contributed by atoms with Crippen molar-refractivity contribution in [3.05, 3.63) is 58.1 Å². The minimum atomic E-state index is -0.154. The number of amides is 1. The van der Waals surface area contributed by atoms with E-state index in [4.69, 9.17) is 9.47 Å². The largest absolute Gasteiger partial charge is 0.493 e. The molecule has 1 aliphatic rings. The molecule has 0 aliphatic carbocycles. The average molecular weight is 443 g/mol. The fourth-order valence-electron chi connectivity index (χ4n) is 2.76. The summed E-state index contributed by atoms with van der Waals surface area (Å²) < 4.78 is 12.2. The molecule has 28 heavy (non-hydrogen) atoms. The van der Waals surface area contributed by atoms with Gasteiger partial charge < -0.3 is 9.47 Å².